The molecule has 1 amide bonds. The molecule has 1 aliphatic rings. The van der Waals surface area contributed by atoms with Gasteiger partial charge in [0.2, 0.25) is 5.91 Å². The number of ether oxygens (including phenoxy) is 1. The third-order valence-corrected chi connectivity index (χ3v) is 5.41. The highest BCUT2D eigenvalue weighted by Crippen LogP contribution is 2.11. The average molecular weight is 563 g/mol. The molecule has 0 spiro atoms. The number of nitrogens with one attached hydrogen (secondary N) is 2. The lowest BCUT2D eigenvalue weighted by molar-refractivity contribution is -0.120. The Morgan fingerprint density at radius 1 is 1.03 bits per heavy atom. The van der Waals surface area contributed by atoms with E-state index in [0.29, 0.717) is 6.54 Å². The van der Waals surface area contributed by atoms with Gasteiger partial charge in [0, 0.05) is 46.3 Å². The van der Waals surface area contributed by atoms with Crippen molar-refractivity contribution in [3.05, 3.63) is 71.8 Å². The number of rotatable bonds is 8. The number of halogens is 1. The second kappa shape index (κ2) is 14.5. The molecule has 1 heterocycles. The van der Waals surface area contributed by atoms with Crippen molar-refractivity contribution in [2.45, 2.75) is 6.54 Å². The number of benzene rings is 2. The fourth-order valence-corrected chi connectivity index (χ4v) is 3.54. The Balaban J connectivity index is 0.00000385. The standard InChI is InChI=1S/C25H33N5O2.HI/c1-26-25(28-20-24(31)27-19-22-10-12-23(32-2)13-11-22)30-17-15-29(16-18-30)14-6-9-21-7-4-3-5-8-21;/h3-13H,14-20H2,1-2H3,(H,26,28)(H,27,31);1H/b9-6+;. The summed E-state index contributed by atoms with van der Waals surface area (Å²) in [4.78, 5) is 21.2. The van der Waals surface area contributed by atoms with Crippen LogP contribution in [0, 0.1) is 0 Å². The lowest BCUT2D eigenvalue weighted by atomic mass is 10.2. The number of methoxy groups -OCH3 is 1. The number of carbonyl (C=O) groups excluding carboxylic acids is 1. The van der Waals surface area contributed by atoms with E-state index in [9.17, 15) is 4.79 Å². The Hall–Kier alpha value is -2.59. The summed E-state index contributed by atoms with van der Waals surface area (Å²) in [5.41, 5.74) is 2.25. The predicted octanol–water partition coefficient (Wildman–Crippen LogP) is 2.84. The Morgan fingerprint density at radius 2 is 1.73 bits per heavy atom. The monoisotopic (exact) mass is 563 g/mol. The van der Waals surface area contributed by atoms with Crippen molar-refractivity contribution >= 4 is 41.9 Å². The summed E-state index contributed by atoms with van der Waals surface area (Å²) in [6, 6.07) is 18.0. The van der Waals surface area contributed by atoms with Gasteiger partial charge in [-0.05, 0) is 23.3 Å². The first-order valence-corrected chi connectivity index (χ1v) is 11.0. The molecule has 3 rings (SSSR count). The van der Waals surface area contributed by atoms with Gasteiger partial charge in [-0.15, -0.1) is 24.0 Å². The van der Waals surface area contributed by atoms with Crippen LogP contribution in [0.5, 0.6) is 5.75 Å². The molecule has 0 unspecified atom stereocenters. The van der Waals surface area contributed by atoms with Gasteiger partial charge in [-0.1, -0.05) is 54.6 Å². The zero-order valence-corrected chi connectivity index (χ0v) is 21.7. The van der Waals surface area contributed by atoms with Gasteiger partial charge in [0.25, 0.3) is 0 Å². The molecule has 7 nitrogen and oxygen atoms in total. The van der Waals surface area contributed by atoms with Gasteiger partial charge in [-0.2, -0.15) is 0 Å². The van der Waals surface area contributed by atoms with E-state index in [-0.39, 0.29) is 36.4 Å². The number of piperazine rings is 1. The van der Waals surface area contributed by atoms with Crippen LogP contribution in [0.2, 0.25) is 0 Å². The third-order valence-electron chi connectivity index (χ3n) is 5.41. The highest BCUT2D eigenvalue weighted by molar-refractivity contribution is 14.0. The first-order chi connectivity index (χ1) is 15.7. The summed E-state index contributed by atoms with van der Waals surface area (Å²) in [7, 11) is 3.39. The third kappa shape index (κ3) is 9.05. The van der Waals surface area contributed by atoms with Gasteiger partial charge in [0.15, 0.2) is 5.96 Å². The van der Waals surface area contributed by atoms with Crippen LogP contribution in [0.4, 0.5) is 0 Å². The largest absolute Gasteiger partial charge is 0.497 e. The minimum atomic E-state index is -0.0633. The minimum Gasteiger partial charge on any atom is -0.497 e. The van der Waals surface area contributed by atoms with Crippen molar-refractivity contribution in [1.82, 2.24) is 20.4 Å². The van der Waals surface area contributed by atoms with Crippen LogP contribution in [0.25, 0.3) is 6.08 Å². The van der Waals surface area contributed by atoms with Gasteiger partial charge in [-0.3, -0.25) is 14.7 Å². The van der Waals surface area contributed by atoms with Gasteiger partial charge >= 0.3 is 0 Å². The smallest absolute Gasteiger partial charge is 0.239 e. The van der Waals surface area contributed by atoms with Crippen molar-refractivity contribution in [3.8, 4) is 5.75 Å². The predicted molar refractivity (Wildman–Crippen MR) is 145 cm³/mol. The molecule has 2 aromatic rings. The quantitative estimate of drug-likeness (QED) is 0.294. The van der Waals surface area contributed by atoms with Crippen molar-refractivity contribution in [3.63, 3.8) is 0 Å². The van der Waals surface area contributed by atoms with Crippen LogP contribution >= 0.6 is 24.0 Å². The lowest BCUT2D eigenvalue weighted by Crippen LogP contribution is -2.53. The number of amides is 1. The molecule has 0 aromatic heterocycles. The topological polar surface area (TPSA) is 69.2 Å². The molecule has 2 N–H and O–H groups in total. The molecule has 0 atom stereocenters. The van der Waals surface area contributed by atoms with E-state index < -0.39 is 0 Å². The normalized spacial score (nSPS) is 14.6. The van der Waals surface area contributed by atoms with E-state index in [1.54, 1.807) is 14.2 Å². The van der Waals surface area contributed by atoms with Gasteiger partial charge in [0.05, 0.1) is 13.7 Å². The highest BCUT2D eigenvalue weighted by atomic mass is 127. The molecule has 33 heavy (non-hydrogen) atoms. The van der Waals surface area contributed by atoms with E-state index in [4.69, 9.17) is 4.74 Å². The summed E-state index contributed by atoms with van der Waals surface area (Å²) in [5.74, 6) is 1.51. The molecule has 1 aliphatic heterocycles. The lowest BCUT2D eigenvalue weighted by Gasteiger charge is -2.36. The van der Waals surface area contributed by atoms with Gasteiger partial charge in [0.1, 0.15) is 5.75 Å². The number of hydrogen-bond donors (Lipinski definition) is 2. The zero-order valence-electron chi connectivity index (χ0n) is 19.4. The Labute approximate surface area is 213 Å². The molecule has 0 aliphatic carbocycles. The van der Waals surface area contributed by atoms with E-state index in [1.165, 1.54) is 5.56 Å². The van der Waals surface area contributed by atoms with E-state index in [2.05, 4.69) is 61.8 Å². The molecule has 0 bridgehead atoms. The van der Waals surface area contributed by atoms with E-state index in [1.807, 2.05) is 30.3 Å². The molecule has 178 valence electrons. The summed E-state index contributed by atoms with van der Waals surface area (Å²) < 4.78 is 5.15. The Morgan fingerprint density at radius 3 is 2.36 bits per heavy atom. The van der Waals surface area contributed by atoms with Crippen LogP contribution in [0.15, 0.2) is 65.7 Å². The molecular weight excluding hydrogens is 529 g/mol. The second-order valence-electron chi connectivity index (χ2n) is 7.63. The number of hydrogen-bond acceptors (Lipinski definition) is 4. The van der Waals surface area contributed by atoms with E-state index >= 15 is 0 Å². The van der Waals surface area contributed by atoms with Crippen molar-refractivity contribution in [2.24, 2.45) is 4.99 Å². The average Bonchev–Trinajstić information content (AvgIpc) is 2.85. The molecule has 0 saturated carbocycles. The second-order valence-corrected chi connectivity index (χ2v) is 7.63. The molecular formula is C25H34IN5O2. The van der Waals surface area contributed by atoms with Gasteiger partial charge < -0.3 is 20.3 Å². The molecule has 2 aromatic carbocycles. The summed E-state index contributed by atoms with van der Waals surface area (Å²) >= 11 is 0. The molecule has 8 heteroatoms. The minimum absolute atomic E-state index is 0. The number of carbonyl (C=O) groups is 1. The number of guanidine groups is 1. The maximum atomic E-state index is 12.2. The van der Waals surface area contributed by atoms with Gasteiger partial charge in [-0.25, -0.2) is 0 Å². The zero-order chi connectivity index (χ0) is 22.6. The fourth-order valence-electron chi connectivity index (χ4n) is 3.54. The Bertz CT molecular complexity index is 895. The molecule has 0 radical (unpaired) electrons. The van der Waals surface area contributed by atoms with E-state index in [0.717, 1.165) is 50.0 Å². The first-order valence-electron chi connectivity index (χ1n) is 11.0. The van der Waals surface area contributed by atoms with Crippen molar-refractivity contribution in [2.75, 3.05) is 53.4 Å². The maximum Gasteiger partial charge on any atom is 0.239 e. The first kappa shape index (κ1) is 26.7. The SMILES string of the molecule is CN=C(NCC(=O)NCc1ccc(OC)cc1)N1CCN(C/C=C/c2ccccc2)CC1.I. The van der Waals surface area contributed by atoms with Crippen LogP contribution in [0.3, 0.4) is 0 Å². The van der Waals surface area contributed by atoms with Crippen LogP contribution in [-0.2, 0) is 11.3 Å². The number of aliphatic imine (C=N–C) groups is 1. The summed E-state index contributed by atoms with van der Waals surface area (Å²) in [6.07, 6.45) is 4.38. The fraction of sp³-hybridized carbons (Fsp3) is 0.360. The van der Waals surface area contributed by atoms with Crippen molar-refractivity contribution < 1.29 is 9.53 Å². The van der Waals surface area contributed by atoms with Crippen LogP contribution in [-0.4, -0.2) is 75.1 Å². The summed E-state index contributed by atoms with van der Waals surface area (Å²) in [6.45, 7) is 5.30. The molecule has 1 saturated heterocycles. The van der Waals surface area contributed by atoms with Crippen molar-refractivity contribution in [1.29, 1.82) is 0 Å². The number of nitrogens with zero attached hydrogens (tertiary/aromatic N) is 3. The van der Waals surface area contributed by atoms with Crippen LogP contribution < -0.4 is 15.4 Å². The highest BCUT2D eigenvalue weighted by Gasteiger charge is 2.19. The molecule has 1 fully saturated rings. The van der Waals surface area contributed by atoms with Crippen LogP contribution in [0.1, 0.15) is 11.1 Å². The Kier molecular flexibility index (Phi) is 11.7. The maximum absolute atomic E-state index is 12.2. The summed E-state index contributed by atoms with van der Waals surface area (Å²) in [5, 5.41) is 6.12.